The molecule has 0 aliphatic heterocycles. The van der Waals surface area contributed by atoms with Crippen molar-refractivity contribution < 1.29 is 4.74 Å². The molecule has 0 saturated heterocycles. The Balaban J connectivity index is 2.51. The fourth-order valence-electron chi connectivity index (χ4n) is 1.94. The Morgan fingerprint density at radius 3 is 2.75 bits per heavy atom. The van der Waals surface area contributed by atoms with Gasteiger partial charge in [-0.25, -0.2) is 0 Å². The van der Waals surface area contributed by atoms with E-state index in [4.69, 9.17) is 4.74 Å². The van der Waals surface area contributed by atoms with Crippen LogP contribution in [0.2, 0.25) is 0 Å². The molecule has 1 radical (unpaired) electrons. The van der Waals surface area contributed by atoms with E-state index >= 15 is 0 Å². The third-order valence-electron chi connectivity index (χ3n) is 2.91. The van der Waals surface area contributed by atoms with E-state index in [-0.39, 0.29) is 0 Å². The number of methoxy groups -OCH3 is 1. The molecular formula is C11H13O. The second kappa shape index (κ2) is 2.51. The summed E-state index contributed by atoms with van der Waals surface area (Å²) in [5, 5.41) is 0. The lowest BCUT2D eigenvalue weighted by atomic mass is 9.69. The minimum atomic E-state index is 0.632. The van der Waals surface area contributed by atoms with Gasteiger partial charge in [0.25, 0.3) is 0 Å². The van der Waals surface area contributed by atoms with Crippen LogP contribution in [0.15, 0.2) is 12.1 Å². The van der Waals surface area contributed by atoms with Crippen LogP contribution in [0.5, 0.6) is 5.75 Å². The zero-order valence-corrected chi connectivity index (χ0v) is 7.72. The Kier molecular flexibility index (Phi) is 1.60. The minimum Gasteiger partial charge on any atom is -0.496 e. The Labute approximate surface area is 73.4 Å². The molecule has 2 atom stereocenters. The van der Waals surface area contributed by atoms with E-state index in [1.165, 1.54) is 11.1 Å². The first-order valence-electron chi connectivity index (χ1n) is 4.34. The smallest absolute Gasteiger partial charge is 0.122 e. The predicted molar refractivity (Wildman–Crippen MR) is 48.7 cm³/mol. The molecule has 0 N–H and O–H groups in total. The molecule has 12 heavy (non-hydrogen) atoms. The fraction of sp³-hybridized carbons (Fsp3) is 0.455. The molecule has 0 spiro atoms. The Morgan fingerprint density at radius 1 is 1.33 bits per heavy atom. The van der Waals surface area contributed by atoms with Crippen molar-refractivity contribution in [3.8, 4) is 5.75 Å². The van der Waals surface area contributed by atoms with Gasteiger partial charge in [0.2, 0.25) is 0 Å². The van der Waals surface area contributed by atoms with Gasteiger partial charge in [0, 0.05) is 5.56 Å². The first-order chi connectivity index (χ1) is 5.75. The van der Waals surface area contributed by atoms with E-state index in [0.717, 1.165) is 5.75 Å². The van der Waals surface area contributed by atoms with Gasteiger partial charge in [0.05, 0.1) is 7.11 Å². The Hall–Kier alpha value is -0.980. The summed E-state index contributed by atoms with van der Waals surface area (Å²) in [6.07, 6.45) is 0. The lowest BCUT2D eigenvalue weighted by Crippen LogP contribution is -2.20. The SMILES string of the molecule is COc1cc[c]c2c1C(C)C2C. The lowest BCUT2D eigenvalue weighted by Gasteiger charge is -2.35. The van der Waals surface area contributed by atoms with Gasteiger partial charge < -0.3 is 4.74 Å². The van der Waals surface area contributed by atoms with Crippen molar-refractivity contribution in [1.82, 2.24) is 0 Å². The summed E-state index contributed by atoms with van der Waals surface area (Å²) < 4.78 is 5.28. The van der Waals surface area contributed by atoms with Crippen molar-refractivity contribution in [1.29, 1.82) is 0 Å². The molecule has 0 aromatic heterocycles. The van der Waals surface area contributed by atoms with Crippen LogP contribution in [0.4, 0.5) is 0 Å². The van der Waals surface area contributed by atoms with Crippen molar-refractivity contribution >= 4 is 0 Å². The first-order valence-corrected chi connectivity index (χ1v) is 4.34. The van der Waals surface area contributed by atoms with Crippen LogP contribution in [0.3, 0.4) is 0 Å². The average Bonchev–Trinajstić information content (AvgIpc) is 2.15. The van der Waals surface area contributed by atoms with E-state index in [0.29, 0.717) is 11.8 Å². The highest BCUT2D eigenvalue weighted by Gasteiger charge is 2.33. The van der Waals surface area contributed by atoms with Crippen molar-refractivity contribution in [2.45, 2.75) is 25.7 Å². The van der Waals surface area contributed by atoms with Crippen LogP contribution in [0.1, 0.15) is 36.8 Å². The quantitative estimate of drug-likeness (QED) is 0.615. The van der Waals surface area contributed by atoms with Crippen LogP contribution in [-0.4, -0.2) is 7.11 Å². The monoisotopic (exact) mass is 161 g/mol. The summed E-state index contributed by atoms with van der Waals surface area (Å²) in [6.45, 7) is 4.48. The Bertz CT molecular complexity index is 290. The van der Waals surface area contributed by atoms with Gasteiger partial charge in [0.1, 0.15) is 5.75 Å². The number of fused-ring (bicyclic) bond motifs is 1. The summed E-state index contributed by atoms with van der Waals surface area (Å²) in [5.41, 5.74) is 2.69. The largest absolute Gasteiger partial charge is 0.496 e. The third-order valence-corrected chi connectivity index (χ3v) is 2.91. The van der Waals surface area contributed by atoms with Gasteiger partial charge in [-0.1, -0.05) is 19.9 Å². The standard InChI is InChI=1S/C11H13O/c1-7-8(2)11-9(7)5-4-6-10(11)12-3/h4,6-8H,1-3H3. The van der Waals surface area contributed by atoms with Crippen LogP contribution in [0.25, 0.3) is 0 Å². The van der Waals surface area contributed by atoms with Crippen molar-refractivity contribution in [2.75, 3.05) is 7.11 Å². The third kappa shape index (κ3) is 0.795. The normalized spacial score (nSPS) is 25.9. The highest BCUT2D eigenvalue weighted by atomic mass is 16.5. The number of hydrogen-bond donors (Lipinski definition) is 0. The minimum absolute atomic E-state index is 0.632. The molecule has 1 aliphatic carbocycles. The number of rotatable bonds is 1. The molecular weight excluding hydrogens is 148 g/mol. The predicted octanol–water partition coefficient (Wildman–Crippen LogP) is 2.72. The van der Waals surface area contributed by atoms with E-state index in [9.17, 15) is 0 Å². The van der Waals surface area contributed by atoms with E-state index in [1.54, 1.807) is 7.11 Å². The number of benzene rings is 1. The summed E-state index contributed by atoms with van der Waals surface area (Å²) in [5.74, 6) is 2.30. The molecule has 1 aromatic carbocycles. The van der Waals surface area contributed by atoms with Crippen LogP contribution in [-0.2, 0) is 0 Å². The molecule has 1 aromatic rings. The highest BCUT2D eigenvalue weighted by molar-refractivity contribution is 5.51. The topological polar surface area (TPSA) is 9.23 Å². The molecule has 0 amide bonds. The lowest BCUT2D eigenvalue weighted by molar-refractivity contribution is 0.390. The summed E-state index contributed by atoms with van der Waals surface area (Å²) in [6, 6.07) is 7.19. The average molecular weight is 161 g/mol. The van der Waals surface area contributed by atoms with Gasteiger partial charge in [-0.2, -0.15) is 0 Å². The Morgan fingerprint density at radius 2 is 2.08 bits per heavy atom. The van der Waals surface area contributed by atoms with E-state index < -0.39 is 0 Å². The number of hydrogen-bond acceptors (Lipinski definition) is 1. The molecule has 0 saturated carbocycles. The second-order valence-electron chi connectivity index (χ2n) is 3.45. The molecule has 0 bridgehead atoms. The van der Waals surface area contributed by atoms with Crippen molar-refractivity contribution in [3.63, 3.8) is 0 Å². The summed E-state index contributed by atoms with van der Waals surface area (Å²) in [7, 11) is 1.73. The van der Waals surface area contributed by atoms with Gasteiger partial charge in [-0.15, -0.1) is 0 Å². The van der Waals surface area contributed by atoms with Crippen LogP contribution in [0, 0.1) is 6.07 Å². The zero-order chi connectivity index (χ0) is 8.72. The maximum Gasteiger partial charge on any atom is 0.122 e. The van der Waals surface area contributed by atoms with Gasteiger partial charge in [-0.3, -0.25) is 0 Å². The highest BCUT2D eigenvalue weighted by Crippen LogP contribution is 2.49. The second-order valence-corrected chi connectivity index (χ2v) is 3.45. The maximum absolute atomic E-state index is 5.28. The van der Waals surface area contributed by atoms with Gasteiger partial charge in [0.15, 0.2) is 0 Å². The summed E-state index contributed by atoms with van der Waals surface area (Å²) in [4.78, 5) is 0. The van der Waals surface area contributed by atoms with Crippen molar-refractivity contribution in [3.05, 3.63) is 29.3 Å². The first kappa shape index (κ1) is 7.66. The molecule has 63 valence electrons. The summed E-state index contributed by atoms with van der Waals surface area (Å²) >= 11 is 0. The van der Waals surface area contributed by atoms with Crippen molar-refractivity contribution in [2.24, 2.45) is 0 Å². The number of ether oxygens (including phenoxy) is 1. The van der Waals surface area contributed by atoms with E-state index in [1.807, 2.05) is 12.1 Å². The van der Waals surface area contributed by atoms with Gasteiger partial charge >= 0.3 is 0 Å². The molecule has 1 aliphatic rings. The fourth-order valence-corrected chi connectivity index (χ4v) is 1.94. The molecule has 1 heteroatoms. The molecule has 0 fully saturated rings. The molecule has 0 heterocycles. The van der Waals surface area contributed by atoms with Gasteiger partial charge in [-0.05, 0) is 29.5 Å². The molecule has 2 unspecified atom stereocenters. The molecule has 1 nitrogen and oxygen atoms in total. The van der Waals surface area contributed by atoms with Crippen LogP contribution >= 0.6 is 0 Å². The zero-order valence-electron chi connectivity index (χ0n) is 7.72. The van der Waals surface area contributed by atoms with E-state index in [2.05, 4.69) is 19.9 Å². The molecule has 2 rings (SSSR count). The van der Waals surface area contributed by atoms with Crippen LogP contribution < -0.4 is 4.74 Å². The maximum atomic E-state index is 5.28.